The van der Waals surface area contributed by atoms with Crippen LogP contribution < -0.4 is 14.2 Å². The van der Waals surface area contributed by atoms with Gasteiger partial charge in [-0.05, 0) is 61.5 Å². The molecule has 0 amide bonds. The quantitative estimate of drug-likeness (QED) is 0.276. The molecular weight excluding hydrogens is 454 g/mol. The SMILES string of the molecule is CCOc1ccccc1-n1nnnc1SCC(=O)c1cc(C)n(-c2ccc3c(c2)OCO3)c1C. The molecule has 0 aliphatic carbocycles. The van der Waals surface area contributed by atoms with E-state index in [1.165, 1.54) is 11.8 Å². The van der Waals surface area contributed by atoms with Crippen LogP contribution in [0.2, 0.25) is 0 Å². The number of nitrogens with zero attached hydrogens (tertiary/aromatic N) is 5. The fraction of sp³-hybridized carbons (Fsp3) is 0.250. The van der Waals surface area contributed by atoms with Crippen LogP contribution in [0.25, 0.3) is 11.4 Å². The zero-order valence-electron chi connectivity index (χ0n) is 19.0. The van der Waals surface area contributed by atoms with Crippen LogP contribution in [0.3, 0.4) is 0 Å². The number of hydrogen-bond donors (Lipinski definition) is 0. The van der Waals surface area contributed by atoms with Crippen molar-refractivity contribution in [2.24, 2.45) is 0 Å². The number of thioether (sulfide) groups is 1. The number of aromatic nitrogens is 5. The summed E-state index contributed by atoms with van der Waals surface area (Å²) in [5, 5.41) is 12.5. The van der Waals surface area contributed by atoms with Gasteiger partial charge in [-0.1, -0.05) is 23.9 Å². The standard InChI is InChI=1S/C24H23N5O4S/c1-4-31-21-8-6-5-7-19(21)29-24(25-26-27-29)34-13-20(30)18-11-15(2)28(16(18)3)17-9-10-22-23(12-17)33-14-32-22/h5-12H,4,13-14H2,1-3H3. The molecule has 0 radical (unpaired) electrons. The highest BCUT2D eigenvalue weighted by molar-refractivity contribution is 7.99. The summed E-state index contributed by atoms with van der Waals surface area (Å²) in [7, 11) is 0. The maximum absolute atomic E-state index is 13.2. The molecule has 10 heteroatoms. The number of aryl methyl sites for hydroxylation is 1. The molecule has 174 valence electrons. The summed E-state index contributed by atoms with van der Waals surface area (Å²) in [6, 6.07) is 15.2. The molecular formula is C24H23N5O4S. The van der Waals surface area contributed by atoms with Crippen molar-refractivity contribution in [2.75, 3.05) is 19.2 Å². The van der Waals surface area contributed by atoms with E-state index in [0.29, 0.717) is 28.8 Å². The van der Waals surface area contributed by atoms with E-state index >= 15 is 0 Å². The third kappa shape index (κ3) is 4.01. The average molecular weight is 478 g/mol. The Balaban J connectivity index is 1.36. The van der Waals surface area contributed by atoms with Crippen LogP contribution in [0.5, 0.6) is 17.2 Å². The lowest BCUT2D eigenvalue weighted by molar-refractivity contribution is 0.102. The molecule has 0 unspecified atom stereocenters. The topological polar surface area (TPSA) is 93.3 Å². The zero-order valence-corrected chi connectivity index (χ0v) is 19.8. The highest BCUT2D eigenvalue weighted by Crippen LogP contribution is 2.35. The van der Waals surface area contributed by atoms with E-state index in [1.54, 1.807) is 4.68 Å². The molecule has 0 fully saturated rings. The highest BCUT2D eigenvalue weighted by atomic mass is 32.2. The number of Topliss-reactive ketones (excluding diaryl/α,β-unsaturated/α-hetero) is 1. The van der Waals surface area contributed by atoms with E-state index in [4.69, 9.17) is 14.2 Å². The second-order valence-electron chi connectivity index (χ2n) is 7.64. The number of hydrogen-bond acceptors (Lipinski definition) is 8. The van der Waals surface area contributed by atoms with Gasteiger partial charge < -0.3 is 18.8 Å². The van der Waals surface area contributed by atoms with Crippen molar-refractivity contribution in [1.29, 1.82) is 0 Å². The molecule has 2 aromatic carbocycles. The van der Waals surface area contributed by atoms with Crippen LogP contribution in [0.1, 0.15) is 28.7 Å². The molecule has 1 aliphatic rings. The minimum Gasteiger partial charge on any atom is -0.492 e. The first-order valence-electron chi connectivity index (χ1n) is 10.8. The minimum atomic E-state index is -0.00210. The van der Waals surface area contributed by atoms with Crippen molar-refractivity contribution in [3.05, 3.63) is 65.5 Å². The molecule has 0 bridgehead atoms. The van der Waals surface area contributed by atoms with E-state index in [9.17, 15) is 4.79 Å². The Morgan fingerprint density at radius 3 is 2.79 bits per heavy atom. The summed E-state index contributed by atoms with van der Waals surface area (Å²) in [5.41, 5.74) is 4.13. The van der Waals surface area contributed by atoms with E-state index in [2.05, 4.69) is 15.5 Å². The fourth-order valence-electron chi connectivity index (χ4n) is 4.00. The second-order valence-corrected chi connectivity index (χ2v) is 8.59. The largest absolute Gasteiger partial charge is 0.492 e. The predicted molar refractivity (Wildman–Crippen MR) is 127 cm³/mol. The Labute approximate surface area is 200 Å². The predicted octanol–water partition coefficient (Wildman–Crippen LogP) is 4.17. The second kappa shape index (κ2) is 9.22. The lowest BCUT2D eigenvalue weighted by atomic mass is 10.2. The molecule has 5 rings (SSSR count). The maximum Gasteiger partial charge on any atom is 0.231 e. The summed E-state index contributed by atoms with van der Waals surface area (Å²) in [4.78, 5) is 13.2. The molecule has 9 nitrogen and oxygen atoms in total. The monoisotopic (exact) mass is 477 g/mol. The number of ketones is 1. The van der Waals surface area contributed by atoms with Gasteiger partial charge in [0.2, 0.25) is 11.9 Å². The van der Waals surface area contributed by atoms with Gasteiger partial charge in [-0.15, -0.1) is 5.10 Å². The van der Waals surface area contributed by atoms with E-state index in [-0.39, 0.29) is 18.3 Å². The number of carbonyl (C=O) groups excluding carboxylic acids is 1. The van der Waals surface area contributed by atoms with E-state index < -0.39 is 0 Å². The van der Waals surface area contributed by atoms with Gasteiger partial charge in [-0.3, -0.25) is 4.79 Å². The van der Waals surface area contributed by atoms with Crippen molar-refractivity contribution >= 4 is 17.5 Å². The van der Waals surface area contributed by atoms with Crippen LogP contribution in [-0.2, 0) is 0 Å². The van der Waals surface area contributed by atoms with Crippen LogP contribution in [-0.4, -0.2) is 49.7 Å². The maximum atomic E-state index is 13.2. The first kappa shape index (κ1) is 22.0. The third-order valence-electron chi connectivity index (χ3n) is 5.51. The molecule has 2 aromatic heterocycles. The van der Waals surface area contributed by atoms with Gasteiger partial charge in [0.25, 0.3) is 0 Å². The summed E-state index contributed by atoms with van der Waals surface area (Å²) in [6.45, 7) is 6.59. The first-order chi connectivity index (χ1) is 16.6. The van der Waals surface area contributed by atoms with Gasteiger partial charge in [0.05, 0.1) is 12.4 Å². The summed E-state index contributed by atoms with van der Waals surface area (Å²) in [6.07, 6.45) is 0. The number of rotatable bonds is 8. The van der Waals surface area contributed by atoms with Crippen LogP contribution in [0.4, 0.5) is 0 Å². The molecule has 4 aromatic rings. The van der Waals surface area contributed by atoms with Gasteiger partial charge in [0.1, 0.15) is 11.4 Å². The van der Waals surface area contributed by atoms with Gasteiger partial charge in [-0.25, -0.2) is 0 Å². The van der Waals surface area contributed by atoms with Gasteiger partial charge in [0.15, 0.2) is 17.3 Å². The lowest BCUT2D eigenvalue weighted by Crippen LogP contribution is -2.07. The highest BCUT2D eigenvalue weighted by Gasteiger charge is 2.21. The smallest absolute Gasteiger partial charge is 0.231 e. The first-order valence-corrected chi connectivity index (χ1v) is 11.8. The third-order valence-corrected chi connectivity index (χ3v) is 6.43. The van der Waals surface area contributed by atoms with Crippen molar-refractivity contribution in [3.8, 4) is 28.6 Å². The van der Waals surface area contributed by atoms with E-state index in [0.717, 1.165) is 28.5 Å². The molecule has 0 atom stereocenters. The van der Waals surface area contributed by atoms with E-state index in [1.807, 2.05) is 73.9 Å². The summed E-state index contributed by atoms with van der Waals surface area (Å²) >= 11 is 1.29. The summed E-state index contributed by atoms with van der Waals surface area (Å²) in [5.74, 6) is 2.30. The molecule has 0 spiro atoms. The molecule has 0 saturated carbocycles. The molecule has 1 aliphatic heterocycles. The van der Waals surface area contributed by atoms with Crippen molar-refractivity contribution < 1.29 is 19.0 Å². The number of fused-ring (bicyclic) bond motifs is 1. The lowest BCUT2D eigenvalue weighted by Gasteiger charge is -2.11. The van der Waals surface area contributed by atoms with Crippen LogP contribution >= 0.6 is 11.8 Å². The number of ether oxygens (including phenoxy) is 3. The minimum absolute atomic E-state index is 0.00210. The van der Waals surface area contributed by atoms with Crippen LogP contribution in [0.15, 0.2) is 53.7 Å². The number of benzene rings is 2. The fourth-order valence-corrected chi connectivity index (χ4v) is 4.77. The Hall–Kier alpha value is -3.79. The average Bonchev–Trinajstić information content (AvgIpc) is 3.56. The van der Waals surface area contributed by atoms with Gasteiger partial charge >= 0.3 is 0 Å². The number of carbonyl (C=O) groups is 1. The molecule has 34 heavy (non-hydrogen) atoms. The molecule has 3 heterocycles. The van der Waals surface area contributed by atoms with Crippen molar-refractivity contribution in [1.82, 2.24) is 24.8 Å². The Morgan fingerprint density at radius 2 is 1.94 bits per heavy atom. The Bertz CT molecular complexity index is 1360. The van der Waals surface area contributed by atoms with Crippen molar-refractivity contribution in [3.63, 3.8) is 0 Å². The van der Waals surface area contributed by atoms with Gasteiger partial charge in [-0.2, -0.15) is 4.68 Å². The number of para-hydroxylation sites is 2. The molecule has 0 N–H and O–H groups in total. The zero-order chi connectivity index (χ0) is 23.7. The number of tetrazole rings is 1. The van der Waals surface area contributed by atoms with Crippen LogP contribution in [0, 0.1) is 13.8 Å². The Morgan fingerprint density at radius 1 is 1.12 bits per heavy atom. The van der Waals surface area contributed by atoms with Crippen molar-refractivity contribution in [2.45, 2.75) is 25.9 Å². The van der Waals surface area contributed by atoms with Gasteiger partial charge in [0, 0.05) is 28.7 Å². The normalized spacial score (nSPS) is 12.2. The molecule has 0 saturated heterocycles. The Kier molecular flexibility index (Phi) is 5.97. The summed E-state index contributed by atoms with van der Waals surface area (Å²) < 4.78 is 20.3.